The third kappa shape index (κ3) is 8.88. The maximum atomic E-state index is 6.19. The number of methoxy groups -OCH3 is 1. The first-order chi connectivity index (χ1) is 15.6. The molecule has 7 nitrogen and oxygen atoms in total. The first-order valence-electron chi connectivity index (χ1n) is 12.2. The minimum absolute atomic E-state index is 0. The number of hydrogen-bond acceptors (Lipinski definition) is 5. The van der Waals surface area contributed by atoms with Crippen molar-refractivity contribution in [1.82, 2.24) is 15.1 Å². The van der Waals surface area contributed by atoms with Crippen molar-refractivity contribution in [2.24, 2.45) is 4.99 Å². The summed E-state index contributed by atoms with van der Waals surface area (Å²) in [5.74, 6) is 1.88. The Hall–Kier alpha value is -1.10. The van der Waals surface area contributed by atoms with Gasteiger partial charge in [-0.1, -0.05) is 12.1 Å². The molecule has 3 rings (SSSR count). The van der Waals surface area contributed by atoms with Crippen molar-refractivity contribution in [1.29, 1.82) is 0 Å². The van der Waals surface area contributed by atoms with Crippen LogP contribution in [0.5, 0.6) is 5.75 Å². The van der Waals surface area contributed by atoms with Crippen molar-refractivity contribution in [3.63, 3.8) is 0 Å². The molecule has 0 aliphatic carbocycles. The van der Waals surface area contributed by atoms with Crippen molar-refractivity contribution < 1.29 is 14.2 Å². The lowest BCUT2D eigenvalue weighted by molar-refractivity contribution is -0.0721. The van der Waals surface area contributed by atoms with E-state index in [0.717, 1.165) is 63.8 Å². The second-order valence-electron chi connectivity index (χ2n) is 8.96. The van der Waals surface area contributed by atoms with Gasteiger partial charge in [0, 0.05) is 26.2 Å². The molecule has 0 amide bonds. The minimum atomic E-state index is 0. The molecule has 188 valence electrons. The molecule has 2 heterocycles. The second-order valence-corrected chi connectivity index (χ2v) is 8.96. The third-order valence-electron chi connectivity index (χ3n) is 6.41. The molecule has 1 aromatic rings. The molecule has 2 aliphatic heterocycles. The normalized spacial score (nSPS) is 20.9. The Morgan fingerprint density at radius 3 is 2.48 bits per heavy atom. The summed E-state index contributed by atoms with van der Waals surface area (Å²) in [6.07, 6.45) is 6.28. The molecule has 2 fully saturated rings. The van der Waals surface area contributed by atoms with Gasteiger partial charge in [0.05, 0.1) is 38.5 Å². The van der Waals surface area contributed by atoms with E-state index in [-0.39, 0.29) is 30.0 Å². The standard InChI is InChI=1S/C25H42N4O3.HI/c1-5-26-25(27-18-24(28(2)3)20-9-11-21(30-4)12-10-20)29-15-13-22(14-16-29)32-19-23-8-6-7-17-31-23;/h9-12,22-24H,5-8,13-19H2,1-4H3,(H,26,27);1H. The summed E-state index contributed by atoms with van der Waals surface area (Å²) >= 11 is 0. The molecule has 0 saturated carbocycles. The maximum Gasteiger partial charge on any atom is 0.193 e. The highest BCUT2D eigenvalue weighted by Gasteiger charge is 2.24. The largest absolute Gasteiger partial charge is 0.497 e. The van der Waals surface area contributed by atoms with E-state index in [1.165, 1.54) is 18.4 Å². The zero-order valence-corrected chi connectivity index (χ0v) is 23.1. The maximum absolute atomic E-state index is 6.19. The first kappa shape index (κ1) is 28.1. The molecular weight excluding hydrogens is 531 g/mol. The number of guanidine groups is 1. The Kier molecular flexibility index (Phi) is 12.8. The summed E-state index contributed by atoms with van der Waals surface area (Å²) in [7, 11) is 5.91. The summed E-state index contributed by atoms with van der Waals surface area (Å²) in [6.45, 7) is 7.27. The van der Waals surface area contributed by atoms with Crippen LogP contribution >= 0.6 is 24.0 Å². The van der Waals surface area contributed by atoms with Crippen molar-refractivity contribution in [2.75, 3.05) is 60.6 Å². The molecule has 2 saturated heterocycles. The number of likely N-dealkylation sites (tertiary alicyclic amines) is 1. The predicted octanol–water partition coefficient (Wildman–Crippen LogP) is 3.93. The fourth-order valence-electron chi connectivity index (χ4n) is 4.41. The van der Waals surface area contributed by atoms with Crippen LogP contribution in [0.4, 0.5) is 0 Å². The summed E-state index contributed by atoms with van der Waals surface area (Å²) in [6, 6.07) is 8.51. The number of nitrogens with one attached hydrogen (secondary N) is 1. The number of benzene rings is 1. The molecule has 0 bridgehead atoms. The lowest BCUT2D eigenvalue weighted by Gasteiger charge is -2.35. The van der Waals surface area contributed by atoms with E-state index in [0.29, 0.717) is 18.8 Å². The number of ether oxygens (including phenoxy) is 3. The van der Waals surface area contributed by atoms with Crippen LogP contribution in [0.25, 0.3) is 0 Å². The molecule has 0 spiro atoms. The Balaban J connectivity index is 0.00000385. The van der Waals surface area contributed by atoms with E-state index in [1.807, 2.05) is 12.1 Å². The van der Waals surface area contributed by atoms with E-state index in [2.05, 4.69) is 48.3 Å². The zero-order valence-electron chi connectivity index (χ0n) is 20.8. The lowest BCUT2D eigenvalue weighted by atomic mass is 10.1. The molecule has 1 N–H and O–H groups in total. The van der Waals surface area contributed by atoms with Crippen LogP contribution in [0.1, 0.15) is 50.6 Å². The van der Waals surface area contributed by atoms with Crippen molar-refractivity contribution in [3.8, 4) is 5.75 Å². The van der Waals surface area contributed by atoms with E-state index in [9.17, 15) is 0 Å². The van der Waals surface area contributed by atoms with Crippen LogP contribution in [0.3, 0.4) is 0 Å². The topological polar surface area (TPSA) is 58.6 Å². The van der Waals surface area contributed by atoms with E-state index in [4.69, 9.17) is 19.2 Å². The number of halogens is 1. The van der Waals surface area contributed by atoms with Crippen molar-refractivity contribution >= 4 is 29.9 Å². The molecular formula is C25H43IN4O3. The van der Waals surface area contributed by atoms with Gasteiger partial charge in [-0.2, -0.15) is 0 Å². The summed E-state index contributed by atoms with van der Waals surface area (Å²) < 4.78 is 17.3. The van der Waals surface area contributed by atoms with Crippen LogP contribution in [-0.4, -0.2) is 88.6 Å². The molecule has 2 atom stereocenters. The fraction of sp³-hybridized carbons (Fsp3) is 0.720. The van der Waals surface area contributed by atoms with Gasteiger partial charge in [-0.3, -0.25) is 4.99 Å². The molecule has 2 unspecified atom stereocenters. The predicted molar refractivity (Wildman–Crippen MR) is 145 cm³/mol. The van der Waals surface area contributed by atoms with Crippen LogP contribution in [0.2, 0.25) is 0 Å². The molecule has 33 heavy (non-hydrogen) atoms. The van der Waals surface area contributed by atoms with Crippen LogP contribution in [0, 0.1) is 0 Å². The Morgan fingerprint density at radius 2 is 1.91 bits per heavy atom. The number of piperidine rings is 1. The number of nitrogens with zero attached hydrogens (tertiary/aromatic N) is 3. The summed E-state index contributed by atoms with van der Waals surface area (Å²) in [4.78, 5) is 9.62. The van der Waals surface area contributed by atoms with Crippen LogP contribution < -0.4 is 10.1 Å². The average Bonchev–Trinajstić information content (AvgIpc) is 2.83. The van der Waals surface area contributed by atoms with Crippen LogP contribution in [0.15, 0.2) is 29.3 Å². The highest BCUT2D eigenvalue weighted by molar-refractivity contribution is 14.0. The Morgan fingerprint density at radius 1 is 1.18 bits per heavy atom. The Bertz CT molecular complexity index is 687. The number of rotatable bonds is 9. The molecule has 2 aliphatic rings. The van der Waals surface area contributed by atoms with Gasteiger partial charge in [0.1, 0.15) is 5.75 Å². The van der Waals surface area contributed by atoms with Gasteiger partial charge in [0.25, 0.3) is 0 Å². The quantitative estimate of drug-likeness (QED) is 0.274. The van der Waals surface area contributed by atoms with Gasteiger partial charge in [0.15, 0.2) is 5.96 Å². The minimum Gasteiger partial charge on any atom is -0.497 e. The van der Waals surface area contributed by atoms with Gasteiger partial charge in [0.2, 0.25) is 0 Å². The van der Waals surface area contributed by atoms with Crippen molar-refractivity contribution in [2.45, 2.75) is 57.3 Å². The monoisotopic (exact) mass is 574 g/mol. The highest BCUT2D eigenvalue weighted by atomic mass is 127. The molecule has 0 radical (unpaired) electrons. The van der Waals surface area contributed by atoms with E-state index in [1.54, 1.807) is 7.11 Å². The first-order valence-corrected chi connectivity index (χ1v) is 12.2. The summed E-state index contributed by atoms with van der Waals surface area (Å²) in [5, 5.41) is 3.49. The SMILES string of the molecule is CCNC(=NCC(c1ccc(OC)cc1)N(C)C)N1CCC(OCC2CCCCO2)CC1.I. The number of hydrogen-bond donors (Lipinski definition) is 1. The van der Waals surface area contributed by atoms with Crippen LogP contribution in [-0.2, 0) is 9.47 Å². The fourth-order valence-corrected chi connectivity index (χ4v) is 4.41. The van der Waals surface area contributed by atoms with Gasteiger partial charge < -0.3 is 29.3 Å². The number of aliphatic imine (C=N–C) groups is 1. The van der Waals surface area contributed by atoms with Gasteiger partial charge >= 0.3 is 0 Å². The Labute approximate surface area is 217 Å². The van der Waals surface area contributed by atoms with Crippen molar-refractivity contribution in [3.05, 3.63) is 29.8 Å². The van der Waals surface area contributed by atoms with Gasteiger partial charge in [-0.25, -0.2) is 0 Å². The summed E-state index contributed by atoms with van der Waals surface area (Å²) in [5.41, 5.74) is 1.24. The van der Waals surface area contributed by atoms with E-state index >= 15 is 0 Å². The smallest absolute Gasteiger partial charge is 0.193 e. The molecule has 8 heteroatoms. The second kappa shape index (κ2) is 15.0. The van der Waals surface area contributed by atoms with Gasteiger partial charge in [-0.05, 0) is 70.8 Å². The zero-order chi connectivity index (χ0) is 22.8. The van der Waals surface area contributed by atoms with E-state index < -0.39 is 0 Å². The third-order valence-corrected chi connectivity index (χ3v) is 6.41. The van der Waals surface area contributed by atoms with Gasteiger partial charge in [-0.15, -0.1) is 24.0 Å². The average molecular weight is 575 g/mol. The molecule has 1 aromatic carbocycles. The number of likely N-dealkylation sites (N-methyl/N-ethyl adjacent to an activating group) is 1. The highest BCUT2D eigenvalue weighted by Crippen LogP contribution is 2.22. The molecule has 0 aromatic heterocycles. The lowest BCUT2D eigenvalue weighted by Crippen LogP contribution is -2.47.